The maximum absolute atomic E-state index is 12.1. The first-order chi connectivity index (χ1) is 12.6. The summed E-state index contributed by atoms with van der Waals surface area (Å²) in [6.07, 6.45) is 1.14. The number of benzene rings is 2. The number of carbonyl (C=O) groups excluding carboxylic acids is 1. The van der Waals surface area contributed by atoms with Crippen LogP contribution in [0.25, 0.3) is 0 Å². The zero-order valence-corrected chi connectivity index (χ0v) is 15.4. The van der Waals surface area contributed by atoms with Gasteiger partial charge in [0.1, 0.15) is 11.5 Å². The van der Waals surface area contributed by atoms with Crippen LogP contribution in [0, 0.1) is 5.92 Å². The Balaban J connectivity index is 1.43. The molecule has 5 nitrogen and oxygen atoms in total. The molecule has 2 aromatic rings. The van der Waals surface area contributed by atoms with Gasteiger partial charge < -0.3 is 20.3 Å². The number of likely N-dealkylation sites (tertiary alicyclic amines) is 1. The van der Waals surface area contributed by atoms with Crippen molar-refractivity contribution < 1.29 is 9.53 Å². The lowest BCUT2D eigenvalue weighted by atomic mass is 10.1. The summed E-state index contributed by atoms with van der Waals surface area (Å²) in [7, 11) is 0. The normalized spacial score (nSPS) is 17.3. The lowest BCUT2D eigenvalue weighted by molar-refractivity contribution is 0.247. The zero-order valence-electron chi connectivity index (χ0n) is 15.4. The Morgan fingerprint density at radius 1 is 1.12 bits per heavy atom. The predicted molar refractivity (Wildman–Crippen MR) is 105 cm³/mol. The highest BCUT2D eigenvalue weighted by Crippen LogP contribution is 2.22. The molecule has 2 N–H and O–H groups in total. The topological polar surface area (TPSA) is 53.6 Å². The van der Waals surface area contributed by atoms with Gasteiger partial charge >= 0.3 is 6.03 Å². The summed E-state index contributed by atoms with van der Waals surface area (Å²) in [6.45, 7) is 7.32. The van der Waals surface area contributed by atoms with Crippen LogP contribution >= 0.6 is 0 Å². The van der Waals surface area contributed by atoms with Crippen molar-refractivity contribution in [3.8, 4) is 11.5 Å². The van der Waals surface area contributed by atoms with Crippen LogP contribution in [0.3, 0.4) is 0 Å². The molecule has 138 valence electrons. The minimum atomic E-state index is -0.162. The third-order valence-corrected chi connectivity index (χ3v) is 4.69. The fraction of sp³-hybridized carbons (Fsp3) is 0.381. The summed E-state index contributed by atoms with van der Waals surface area (Å²) >= 11 is 0. The summed E-state index contributed by atoms with van der Waals surface area (Å²) < 4.78 is 5.75. The molecule has 1 unspecified atom stereocenters. The van der Waals surface area contributed by atoms with Gasteiger partial charge in [0.2, 0.25) is 0 Å². The number of anilines is 1. The van der Waals surface area contributed by atoms with Crippen LogP contribution in [-0.2, 0) is 0 Å². The molecule has 0 aromatic heterocycles. The van der Waals surface area contributed by atoms with Crippen LogP contribution in [0.5, 0.6) is 11.5 Å². The van der Waals surface area contributed by atoms with Crippen molar-refractivity contribution in [1.29, 1.82) is 0 Å². The zero-order chi connectivity index (χ0) is 18.4. The number of amides is 2. The first-order valence-corrected chi connectivity index (χ1v) is 9.22. The smallest absolute Gasteiger partial charge is 0.319 e. The van der Waals surface area contributed by atoms with Crippen LogP contribution in [-0.4, -0.2) is 36.6 Å². The molecule has 1 aliphatic heterocycles. The van der Waals surface area contributed by atoms with Gasteiger partial charge in [0.25, 0.3) is 0 Å². The summed E-state index contributed by atoms with van der Waals surface area (Å²) in [5, 5.41) is 5.85. The van der Waals surface area contributed by atoms with Gasteiger partial charge in [0.05, 0.1) is 0 Å². The van der Waals surface area contributed by atoms with Gasteiger partial charge in [0, 0.05) is 24.8 Å². The minimum Gasteiger partial charge on any atom is -0.457 e. The Morgan fingerprint density at radius 2 is 1.81 bits per heavy atom. The average Bonchev–Trinajstić information content (AvgIpc) is 3.12. The molecule has 1 heterocycles. The number of hydrogen-bond donors (Lipinski definition) is 2. The van der Waals surface area contributed by atoms with Gasteiger partial charge in [-0.05, 0) is 69.1 Å². The van der Waals surface area contributed by atoms with E-state index in [1.807, 2.05) is 54.6 Å². The molecule has 2 amide bonds. The van der Waals surface area contributed by atoms with E-state index in [-0.39, 0.29) is 6.03 Å². The van der Waals surface area contributed by atoms with Crippen molar-refractivity contribution in [1.82, 2.24) is 10.2 Å². The van der Waals surface area contributed by atoms with Crippen molar-refractivity contribution in [3.63, 3.8) is 0 Å². The second-order valence-electron chi connectivity index (χ2n) is 7.02. The number of rotatable bonds is 6. The van der Waals surface area contributed by atoms with Crippen LogP contribution in [0.15, 0.2) is 54.6 Å². The van der Waals surface area contributed by atoms with Crippen molar-refractivity contribution in [2.24, 2.45) is 5.92 Å². The van der Waals surface area contributed by atoms with Gasteiger partial charge in [-0.25, -0.2) is 4.79 Å². The Bertz CT molecular complexity index is 701. The van der Waals surface area contributed by atoms with E-state index in [0.717, 1.165) is 36.7 Å². The van der Waals surface area contributed by atoms with Crippen molar-refractivity contribution >= 4 is 11.7 Å². The summed E-state index contributed by atoms with van der Waals surface area (Å²) in [6, 6.07) is 17.4. The van der Waals surface area contributed by atoms with E-state index in [4.69, 9.17) is 4.74 Å². The van der Waals surface area contributed by atoms with Crippen LogP contribution < -0.4 is 15.4 Å². The molecule has 1 aliphatic rings. The van der Waals surface area contributed by atoms with Crippen molar-refractivity contribution in [2.45, 2.75) is 26.3 Å². The third kappa shape index (κ3) is 5.23. The number of carbonyl (C=O) groups is 1. The number of urea groups is 1. The fourth-order valence-corrected chi connectivity index (χ4v) is 3.14. The van der Waals surface area contributed by atoms with E-state index in [1.54, 1.807) is 0 Å². The molecule has 0 saturated carbocycles. The molecular formula is C21H27N3O2. The third-order valence-electron chi connectivity index (χ3n) is 4.69. The number of ether oxygens (including phenoxy) is 1. The van der Waals surface area contributed by atoms with Crippen LogP contribution in [0.1, 0.15) is 20.3 Å². The molecule has 0 spiro atoms. The molecule has 5 heteroatoms. The van der Waals surface area contributed by atoms with E-state index < -0.39 is 0 Å². The highest BCUT2D eigenvalue weighted by atomic mass is 16.5. The molecule has 0 bridgehead atoms. The van der Waals surface area contributed by atoms with Crippen LogP contribution in [0.4, 0.5) is 10.5 Å². The number of para-hydroxylation sites is 1. The largest absolute Gasteiger partial charge is 0.457 e. The number of nitrogens with zero attached hydrogens (tertiary/aromatic N) is 1. The molecular weight excluding hydrogens is 326 g/mol. The minimum absolute atomic E-state index is 0.162. The Kier molecular flexibility index (Phi) is 6.12. The first-order valence-electron chi connectivity index (χ1n) is 9.22. The van der Waals surface area contributed by atoms with Gasteiger partial charge in [-0.2, -0.15) is 0 Å². The molecule has 26 heavy (non-hydrogen) atoms. The molecule has 0 radical (unpaired) electrons. The molecule has 1 atom stereocenters. The number of nitrogens with one attached hydrogen (secondary N) is 2. The highest BCUT2D eigenvalue weighted by molar-refractivity contribution is 5.89. The molecule has 2 aromatic carbocycles. The number of hydrogen-bond acceptors (Lipinski definition) is 3. The van der Waals surface area contributed by atoms with Gasteiger partial charge in [-0.3, -0.25) is 0 Å². The van der Waals surface area contributed by atoms with Gasteiger partial charge in [0.15, 0.2) is 0 Å². The summed E-state index contributed by atoms with van der Waals surface area (Å²) in [5.74, 6) is 2.06. The Labute approximate surface area is 155 Å². The first kappa shape index (κ1) is 18.3. The van der Waals surface area contributed by atoms with Crippen molar-refractivity contribution in [3.05, 3.63) is 54.6 Å². The summed E-state index contributed by atoms with van der Waals surface area (Å²) in [5.41, 5.74) is 0.748. The monoisotopic (exact) mass is 353 g/mol. The van der Waals surface area contributed by atoms with Gasteiger partial charge in [-0.15, -0.1) is 0 Å². The molecule has 0 aliphatic carbocycles. The quantitative estimate of drug-likeness (QED) is 0.813. The standard InChI is InChI=1S/C21H27N3O2/c1-16(2)24-13-12-17(15-24)14-22-21(25)23-18-8-10-20(11-9-18)26-19-6-4-3-5-7-19/h3-11,16-17H,12-15H2,1-2H3,(H2,22,23,25). The van der Waals surface area contributed by atoms with E-state index >= 15 is 0 Å². The fourth-order valence-electron chi connectivity index (χ4n) is 3.14. The maximum atomic E-state index is 12.1. The van der Waals surface area contributed by atoms with E-state index in [1.165, 1.54) is 0 Å². The van der Waals surface area contributed by atoms with Crippen LogP contribution in [0.2, 0.25) is 0 Å². The molecule has 1 fully saturated rings. The molecule has 1 saturated heterocycles. The van der Waals surface area contributed by atoms with Crippen molar-refractivity contribution in [2.75, 3.05) is 25.0 Å². The lowest BCUT2D eigenvalue weighted by Crippen LogP contribution is -2.35. The summed E-state index contributed by atoms with van der Waals surface area (Å²) in [4.78, 5) is 14.5. The van der Waals surface area contributed by atoms with E-state index in [9.17, 15) is 4.79 Å². The van der Waals surface area contributed by atoms with E-state index in [2.05, 4.69) is 29.4 Å². The highest BCUT2D eigenvalue weighted by Gasteiger charge is 2.24. The second-order valence-corrected chi connectivity index (χ2v) is 7.02. The van der Waals surface area contributed by atoms with E-state index in [0.29, 0.717) is 18.5 Å². The Hall–Kier alpha value is -2.53. The second kappa shape index (κ2) is 8.72. The van der Waals surface area contributed by atoms with Gasteiger partial charge in [-0.1, -0.05) is 18.2 Å². The Morgan fingerprint density at radius 3 is 2.46 bits per heavy atom. The maximum Gasteiger partial charge on any atom is 0.319 e. The SMILES string of the molecule is CC(C)N1CCC(CNC(=O)Nc2ccc(Oc3ccccc3)cc2)C1. The predicted octanol–water partition coefficient (Wildman–Crippen LogP) is 4.33. The average molecular weight is 353 g/mol. The lowest BCUT2D eigenvalue weighted by Gasteiger charge is -2.20. The molecule has 3 rings (SSSR count).